The molecular formula is C17H26N2O. The van der Waals surface area contributed by atoms with Gasteiger partial charge >= 0.3 is 0 Å². The number of carbonyl (C=O) groups excluding carboxylic acids is 1. The third kappa shape index (κ3) is 3.04. The average Bonchev–Trinajstić information content (AvgIpc) is 2.97. The summed E-state index contributed by atoms with van der Waals surface area (Å²) in [7, 11) is 1.89. The Balaban J connectivity index is 2.03. The molecule has 2 N–H and O–H groups in total. The van der Waals surface area contributed by atoms with Crippen LogP contribution in [0.1, 0.15) is 43.7 Å². The molecule has 3 heteroatoms. The lowest BCUT2D eigenvalue weighted by molar-refractivity contribution is -0.140. The van der Waals surface area contributed by atoms with Gasteiger partial charge in [-0.05, 0) is 30.4 Å². The maximum absolute atomic E-state index is 12.7. The van der Waals surface area contributed by atoms with Gasteiger partial charge < -0.3 is 10.6 Å². The summed E-state index contributed by atoms with van der Waals surface area (Å²) in [5.74, 6) is 0.220. The molecule has 0 heterocycles. The highest BCUT2D eigenvalue weighted by Gasteiger charge is 2.41. The van der Waals surface area contributed by atoms with E-state index in [0.29, 0.717) is 13.1 Å². The second kappa shape index (κ2) is 6.40. The number of hydrogen-bond acceptors (Lipinski definition) is 2. The van der Waals surface area contributed by atoms with Crippen LogP contribution in [0.3, 0.4) is 0 Å². The molecule has 0 bridgehead atoms. The minimum absolute atomic E-state index is 0.220. The van der Waals surface area contributed by atoms with Gasteiger partial charge in [-0.1, -0.05) is 44.0 Å². The smallest absolute Gasteiger partial charge is 0.230 e. The number of hydrogen-bond donors (Lipinski definition) is 1. The lowest BCUT2D eigenvalue weighted by atomic mass is 9.84. The normalized spacial score (nSPS) is 17.1. The molecule has 3 nitrogen and oxygen atoms in total. The highest BCUT2D eigenvalue weighted by molar-refractivity contribution is 5.83. The van der Waals surface area contributed by atoms with Gasteiger partial charge in [-0.2, -0.15) is 0 Å². The molecule has 1 aromatic carbocycles. The molecule has 1 amide bonds. The maximum Gasteiger partial charge on any atom is 0.230 e. The zero-order chi connectivity index (χ0) is 14.6. The lowest BCUT2D eigenvalue weighted by Gasteiger charge is -2.31. The van der Waals surface area contributed by atoms with E-state index in [2.05, 4.69) is 31.2 Å². The predicted octanol–water partition coefficient (Wildman–Crippen LogP) is 2.73. The fourth-order valence-electron chi connectivity index (χ4n) is 3.19. The van der Waals surface area contributed by atoms with Gasteiger partial charge in [0.15, 0.2) is 0 Å². The molecule has 0 aromatic heterocycles. The van der Waals surface area contributed by atoms with Gasteiger partial charge in [-0.3, -0.25) is 4.79 Å². The fraction of sp³-hybridized carbons (Fsp3) is 0.588. The van der Waals surface area contributed by atoms with Gasteiger partial charge in [0.2, 0.25) is 5.91 Å². The highest BCUT2D eigenvalue weighted by Crippen LogP contribution is 2.38. The van der Waals surface area contributed by atoms with Crippen LogP contribution < -0.4 is 5.73 Å². The summed E-state index contributed by atoms with van der Waals surface area (Å²) in [6.07, 6.45) is 5.19. The van der Waals surface area contributed by atoms with Crippen molar-refractivity contribution in [1.29, 1.82) is 0 Å². The first-order valence-corrected chi connectivity index (χ1v) is 7.65. The Bertz CT molecular complexity index is 447. The van der Waals surface area contributed by atoms with E-state index in [4.69, 9.17) is 5.73 Å². The van der Waals surface area contributed by atoms with Gasteiger partial charge in [0.1, 0.15) is 0 Å². The zero-order valence-electron chi connectivity index (χ0n) is 12.7. The third-order valence-electron chi connectivity index (χ3n) is 4.60. The molecule has 1 aromatic rings. The fourth-order valence-corrected chi connectivity index (χ4v) is 3.19. The standard InChI is InChI=1S/C17H26N2O/c1-3-14-6-8-15(9-7-14)12-19(2)16(20)17(13-18)10-4-5-11-17/h6-9H,3-5,10-13,18H2,1-2H3. The van der Waals surface area contributed by atoms with Crippen molar-refractivity contribution in [2.75, 3.05) is 13.6 Å². The molecule has 0 unspecified atom stereocenters. The SMILES string of the molecule is CCc1ccc(CN(C)C(=O)C2(CN)CCCC2)cc1. The molecule has 2 rings (SSSR count). The number of aryl methyl sites for hydroxylation is 1. The number of nitrogens with zero attached hydrogens (tertiary/aromatic N) is 1. The van der Waals surface area contributed by atoms with Gasteiger partial charge in [0.05, 0.1) is 5.41 Å². The maximum atomic E-state index is 12.7. The van der Waals surface area contributed by atoms with Crippen molar-refractivity contribution in [3.8, 4) is 0 Å². The molecular weight excluding hydrogens is 248 g/mol. The van der Waals surface area contributed by atoms with Gasteiger partial charge in [0, 0.05) is 20.1 Å². The van der Waals surface area contributed by atoms with Crippen molar-refractivity contribution in [3.05, 3.63) is 35.4 Å². The van der Waals surface area contributed by atoms with Crippen LogP contribution in [0.25, 0.3) is 0 Å². The Morgan fingerprint density at radius 2 is 1.75 bits per heavy atom. The van der Waals surface area contributed by atoms with Crippen LogP contribution >= 0.6 is 0 Å². The molecule has 0 spiro atoms. The summed E-state index contributed by atoms with van der Waals surface area (Å²) in [5, 5.41) is 0. The van der Waals surface area contributed by atoms with Crippen LogP contribution in [-0.2, 0) is 17.8 Å². The number of carbonyl (C=O) groups is 1. The van der Waals surface area contributed by atoms with E-state index in [1.54, 1.807) is 0 Å². The highest BCUT2D eigenvalue weighted by atomic mass is 16.2. The largest absolute Gasteiger partial charge is 0.341 e. The van der Waals surface area contributed by atoms with Crippen LogP contribution in [0.5, 0.6) is 0 Å². The van der Waals surface area contributed by atoms with E-state index in [1.165, 1.54) is 11.1 Å². The summed E-state index contributed by atoms with van der Waals surface area (Å²) in [4.78, 5) is 14.5. The first-order chi connectivity index (χ1) is 9.61. The van der Waals surface area contributed by atoms with Crippen LogP contribution in [0.15, 0.2) is 24.3 Å². The second-order valence-electron chi connectivity index (χ2n) is 6.02. The third-order valence-corrected chi connectivity index (χ3v) is 4.60. The van der Waals surface area contributed by atoms with Crippen molar-refractivity contribution < 1.29 is 4.79 Å². The molecule has 1 aliphatic carbocycles. The van der Waals surface area contributed by atoms with E-state index in [0.717, 1.165) is 32.1 Å². The molecule has 1 aliphatic rings. The Labute approximate surface area is 122 Å². The monoisotopic (exact) mass is 274 g/mol. The van der Waals surface area contributed by atoms with Crippen LogP contribution in [0.2, 0.25) is 0 Å². The minimum Gasteiger partial charge on any atom is -0.341 e. The summed E-state index contributed by atoms with van der Waals surface area (Å²) < 4.78 is 0. The number of amides is 1. The van der Waals surface area contributed by atoms with Crippen molar-refractivity contribution >= 4 is 5.91 Å². The lowest BCUT2D eigenvalue weighted by Crippen LogP contribution is -2.44. The topological polar surface area (TPSA) is 46.3 Å². The van der Waals surface area contributed by atoms with Gasteiger partial charge in [0.25, 0.3) is 0 Å². The second-order valence-corrected chi connectivity index (χ2v) is 6.02. The minimum atomic E-state index is -0.294. The van der Waals surface area contributed by atoms with E-state index in [1.807, 2.05) is 11.9 Å². The Kier molecular flexibility index (Phi) is 4.81. The zero-order valence-corrected chi connectivity index (χ0v) is 12.7. The van der Waals surface area contributed by atoms with Crippen molar-refractivity contribution in [1.82, 2.24) is 4.90 Å². The molecule has 110 valence electrons. The Morgan fingerprint density at radius 1 is 1.20 bits per heavy atom. The molecule has 1 saturated carbocycles. The number of benzene rings is 1. The summed E-state index contributed by atoms with van der Waals surface area (Å²) in [6, 6.07) is 8.52. The average molecular weight is 274 g/mol. The summed E-state index contributed by atoms with van der Waals surface area (Å²) >= 11 is 0. The molecule has 20 heavy (non-hydrogen) atoms. The molecule has 0 saturated heterocycles. The van der Waals surface area contributed by atoms with E-state index in [9.17, 15) is 4.79 Å². The Morgan fingerprint density at radius 3 is 2.25 bits per heavy atom. The van der Waals surface area contributed by atoms with E-state index in [-0.39, 0.29) is 11.3 Å². The van der Waals surface area contributed by atoms with Gasteiger partial charge in [-0.25, -0.2) is 0 Å². The molecule has 0 radical (unpaired) electrons. The van der Waals surface area contributed by atoms with Crippen LogP contribution in [0.4, 0.5) is 0 Å². The van der Waals surface area contributed by atoms with E-state index < -0.39 is 0 Å². The summed E-state index contributed by atoms with van der Waals surface area (Å²) in [6.45, 7) is 3.30. The van der Waals surface area contributed by atoms with Crippen molar-refractivity contribution in [2.24, 2.45) is 11.1 Å². The first-order valence-electron chi connectivity index (χ1n) is 7.65. The van der Waals surface area contributed by atoms with Crippen molar-refractivity contribution in [3.63, 3.8) is 0 Å². The van der Waals surface area contributed by atoms with Crippen LogP contribution in [-0.4, -0.2) is 24.4 Å². The molecule has 0 aliphatic heterocycles. The number of nitrogens with two attached hydrogens (primary N) is 1. The van der Waals surface area contributed by atoms with E-state index >= 15 is 0 Å². The first kappa shape index (κ1) is 15.0. The summed E-state index contributed by atoms with van der Waals surface area (Å²) in [5.41, 5.74) is 8.11. The van der Waals surface area contributed by atoms with Gasteiger partial charge in [-0.15, -0.1) is 0 Å². The van der Waals surface area contributed by atoms with Crippen LogP contribution in [0, 0.1) is 5.41 Å². The predicted molar refractivity (Wildman–Crippen MR) is 82.2 cm³/mol. The molecule has 0 atom stereocenters. The quantitative estimate of drug-likeness (QED) is 0.897. The Hall–Kier alpha value is -1.35. The van der Waals surface area contributed by atoms with Crippen molar-refractivity contribution in [2.45, 2.75) is 45.6 Å². The molecule has 1 fully saturated rings. The number of rotatable bonds is 5.